The molecule has 0 heterocycles. The summed E-state index contributed by atoms with van der Waals surface area (Å²) in [6.07, 6.45) is 11.6. The molecule has 0 aromatic carbocycles. The highest BCUT2D eigenvalue weighted by Gasteiger charge is 2.59. The number of Topliss-reactive ketones (excluding diaryl/α,β-unsaturated/α-hetero) is 1. The van der Waals surface area contributed by atoms with Crippen LogP contribution in [0.15, 0.2) is 11.6 Å². The highest BCUT2D eigenvalue weighted by Crippen LogP contribution is 2.66. The van der Waals surface area contributed by atoms with Crippen LogP contribution in [0, 0.1) is 40.4 Å². The molecule has 0 aromatic heterocycles. The summed E-state index contributed by atoms with van der Waals surface area (Å²) < 4.78 is 5.79. The summed E-state index contributed by atoms with van der Waals surface area (Å²) in [5.41, 5.74) is 2.03. The third-order valence-electron chi connectivity index (χ3n) is 9.30. The van der Waals surface area contributed by atoms with Gasteiger partial charge in [0.25, 0.3) is 0 Å². The molecule has 0 radical (unpaired) electrons. The first-order valence-electron chi connectivity index (χ1n) is 11.6. The number of hydrogen-bond acceptors (Lipinski definition) is 3. The minimum absolute atomic E-state index is 0.0503. The number of esters is 1. The maximum absolute atomic E-state index is 12.3. The van der Waals surface area contributed by atoms with Crippen molar-refractivity contribution in [2.75, 3.05) is 0 Å². The lowest BCUT2D eigenvalue weighted by molar-refractivity contribution is -0.155. The third kappa shape index (κ3) is 2.99. The molecule has 0 aliphatic heterocycles. The van der Waals surface area contributed by atoms with Gasteiger partial charge in [-0.1, -0.05) is 39.3 Å². The number of carbonyl (C=O) groups excluding carboxylic acids is 2. The lowest BCUT2D eigenvalue weighted by atomic mass is 9.47. The summed E-state index contributed by atoms with van der Waals surface area (Å²) >= 11 is 0. The Morgan fingerprint density at radius 1 is 1.07 bits per heavy atom. The highest BCUT2D eigenvalue weighted by molar-refractivity contribution is 5.79. The molecule has 0 saturated heterocycles. The SMILES string of the molecule is CC(=O)C1CCC2C3CC=C4CC(OC(=O)C(C)C)CCC4(C)C3CCC12C. The minimum atomic E-state index is -0.0578. The molecule has 3 fully saturated rings. The van der Waals surface area contributed by atoms with Crippen molar-refractivity contribution in [3.05, 3.63) is 11.6 Å². The van der Waals surface area contributed by atoms with Gasteiger partial charge in [-0.25, -0.2) is 0 Å². The molecule has 0 aromatic rings. The van der Waals surface area contributed by atoms with Crippen molar-refractivity contribution in [1.29, 1.82) is 0 Å². The fraction of sp³-hybridized carbons (Fsp3) is 0.840. The Balaban J connectivity index is 1.54. The molecule has 4 aliphatic carbocycles. The molecule has 0 N–H and O–H groups in total. The summed E-state index contributed by atoms with van der Waals surface area (Å²) in [6, 6.07) is 0. The second-order valence-corrected chi connectivity index (χ2v) is 11.0. The van der Waals surface area contributed by atoms with Crippen LogP contribution in [0.1, 0.15) is 86.0 Å². The van der Waals surface area contributed by atoms with E-state index in [4.69, 9.17) is 4.74 Å². The molecule has 156 valence electrons. The second kappa shape index (κ2) is 6.99. The Morgan fingerprint density at radius 3 is 2.50 bits per heavy atom. The van der Waals surface area contributed by atoms with E-state index in [2.05, 4.69) is 19.9 Å². The zero-order chi connectivity index (χ0) is 20.3. The Kier molecular flexibility index (Phi) is 5.03. The molecular weight excluding hydrogens is 348 g/mol. The Bertz CT molecular complexity index is 692. The summed E-state index contributed by atoms with van der Waals surface area (Å²) in [4.78, 5) is 24.3. The van der Waals surface area contributed by atoms with Gasteiger partial charge in [0.05, 0.1) is 5.92 Å². The normalized spacial score (nSPS) is 44.9. The van der Waals surface area contributed by atoms with Gasteiger partial charge in [0.2, 0.25) is 0 Å². The van der Waals surface area contributed by atoms with Crippen LogP contribution in [0.4, 0.5) is 0 Å². The second-order valence-electron chi connectivity index (χ2n) is 11.0. The lowest BCUT2D eigenvalue weighted by Gasteiger charge is -2.58. The van der Waals surface area contributed by atoms with Crippen molar-refractivity contribution in [3.63, 3.8) is 0 Å². The van der Waals surface area contributed by atoms with E-state index in [0.29, 0.717) is 11.7 Å². The molecule has 4 aliphatic rings. The number of carbonyl (C=O) groups is 2. The molecule has 0 spiro atoms. The van der Waals surface area contributed by atoms with Gasteiger partial charge in [-0.3, -0.25) is 9.59 Å². The zero-order valence-corrected chi connectivity index (χ0v) is 18.4. The Morgan fingerprint density at radius 2 is 1.82 bits per heavy atom. The topological polar surface area (TPSA) is 43.4 Å². The predicted molar refractivity (Wildman–Crippen MR) is 111 cm³/mol. The fourth-order valence-corrected chi connectivity index (χ4v) is 7.70. The van der Waals surface area contributed by atoms with Crippen LogP contribution in [0.5, 0.6) is 0 Å². The molecule has 7 unspecified atom stereocenters. The number of ether oxygens (including phenoxy) is 1. The van der Waals surface area contributed by atoms with Crippen LogP contribution in [0.2, 0.25) is 0 Å². The molecular formula is C25H38O3. The first kappa shape index (κ1) is 20.2. The number of ketones is 1. The van der Waals surface area contributed by atoms with Gasteiger partial charge < -0.3 is 4.74 Å². The smallest absolute Gasteiger partial charge is 0.308 e. The van der Waals surface area contributed by atoms with Gasteiger partial charge in [-0.05, 0) is 80.5 Å². The van der Waals surface area contributed by atoms with E-state index in [1.165, 1.54) is 19.3 Å². The summed E-state index contributed by atoms with van der Waals surface area (Å²) in [5.74, 6) is 2.75. The van der Waals surface area contributed by atoms with Gasteiger partial charge in [0.1, 0.15) is 11.9 Å². The van der Waals surface area contributed by atoms with Crippen molar-refractivity contribution in [3.8, 4) is 0 Å². The van der Waals surface area contributed by atoms with Crippen LogP contribution in [-0.2, 0) is 14.3 Å². The van der Waals surface area contributed by atoms with Crippen molar-refractivity contribution in [2.45, 2.75) is 92.1 Å². The average Bonchev–Trinajstić information content (AvgIpc) is 2.99. The predicted octanol–water partition coefficient (Wildman–Crippen LogP) is 5.72. The summed E-state index contributed by atoms with van der Waals surface area (Å²) in [5, 5.41) is 0. The molecule has 3 saturated carbocycles. The molecule has 7 atom stereocenters. The monoisotopic (exact) mass is 386 g/mol. The molecule has 3 nitrogen and oxygen atoms in total. The first-order chi connectivity index (χ1) is 13.2. The number of allylic oxidation sites excluding steroid dienone is 1. The molecule has 4 rings (SSSR count). The zero-order valence-electron chi connectivity index (χ0n) is 18.4. The van der Waals surface area contributed by atoms with Crippen LogP contribution in [-0.4, -0.2) is 17.9 Å². The van der Waals surface area contributed by atoms with Crippen molar-refractivity contribution in [2.24, 2.45) is 40.4 Å². The van der Waals surface area contributed by atoms with Crippen molar-refractivity contribution >= 4 is 11.8 Å². The van der Waals surface area contributed by atoms with E-state index < -0.39 is 0 Å². The third-order valence-corrected chi connectivity index (χ3v) is 9.30. The quantitative estimate of drug-likeness (QED) is 0.460. The van der Waals surface area contributed by atoms with E-state index in [1.807, 2.05) is 20.8 Å². The van der Waals surface area contributed by atoms with Gasteiger partial charge in [0, 0.05) is 12.3 Å². The van der Waals surface area contributed by atoms with Crippen LogP contribution >= 0.6 is 0 Å². The van der Waals surface area contributed by atoms with Crippen LogP contribution < -0.4 is 0 Å². The van der Waals surface area contributed by atoms with Gasteiger partial charge >= 0.3 is 5.97 Å². The van der Waals surface area contributed by atoms with Crippen LogP contribution in [0.3, 0.4) is 0 Å². The number of hydrogen-bond donors (Lipinski definition) is 0. The Hall–Kier alpha value is -1.12. The van der Waals surface area contributed by atoms with E-state index >= 15 is 0 Å². The molecule has 3 heteroatoms. The number of rotatable bonds is 3. The van der Waals surface area contributed by atoms with Crippen molar-refractivity contribution in [1.82, 2.24) is 0 Å². The maximum atomic E-state index is 12.3. The van der Waals surface area contributed by atoms with Crippen LogP contribution in [0.25, 0.3) is 0 Å². The number of fused-ring (bicyclic) bond motifs is 5. The first-order valence-corrected chi connectivity index (χ1v) is 11.6. The largest absolute Gasteiger partial charge is 0.462 e. The van der Waals surface area contributed by atoms with E-state index in [9.17, 15) is 9.59 Å². The van der Waals surface area contributed by atoms with Gasteiger partial charge in [-0.2, -0.15) is 0 Å². The summed E-state index contributed by atoms with van der Waals surface area (Å²) in [7, 11) is 0. The van der Waals surface area contributed by atoms with E-state index in [1.54, 1.807) is 5.57 Å². The summed E-state index contributed by atoms with van der Waals surface area (Å²) in [6.45, 7) is 10.5. The highest BCUT2D eigenvalue weighted by atomic mass is 16.5. The van der Waals surface area contributed by atoms with Gasteiger partial charge in [-0.15, -0.1) is 0 Å². The van der Waals surface area contributed by atoms with E-state index in [0.717, 1.165) is 43.9 Å². The minimum Gasteiger partial charge on any atom is -0.462 e. The Labute approximate surface area is 170 Å². The average molecular weight is 387 g/mol. The lowest BCUT2D eigenvalue weighted by Crippen LogP contribution is -2.51. The standard InChI is InChI=1S/C25H38O3/c1-15(2)23(27)28-18-10-12-24(4)17(14-18)6-7-19-21-9-8-20(16(3)26)25(21,5)13-11-22(19)24/h6,15,18-22H,7-14H2,1-5H3. The molecule has 0 bridgehead atoms. The maximum Gasteiger partial charge on any atom is 0.308 e. The molecule has 28 heavy (non-hydrogen) atoms. The van der Waals surface area contributed by atoms with Crippen molar-refractivity contribution < 1.29 is 14.3 Å². The van der Waals surface area contributed by atoms with E-state index in [-0.39, 0.29) is 34.7 Å². The fourth-order valence-electron chi connectivity index (χ4n) is 7.70. The molecule has 0 amide bonds. The van der Waals surface area contributed by atoms with Gasteiger partial charge in [0.15, 0.2) is 0 Å².